The molecule has 1 aliphatic heterocycles. The van der Waals surface area contributed by atoms with E-state index >= 15 is 0 Å². The quantitative estimate of drug-likeness (QED) is 0.877. The Balaban J connectivity index is 1.75. The lowest BCUT2D eigenvalue weighted by atomic mass is 10.1. The van der Waals surface area contributed by atoms with Crippen LogP contribution in [0.2, 0.25) is 0 Å². The lowest BCUT2D eigenvalue weighted by molar-refractivity contribution is 0.254. The number of likely N-dealkylation sites (N-methyl/N-ethyl adjacent to an activating group) is 1. The van der Waals surface area contributed by atoms with Gasteiger partial charge in [0.1, 0.15) is 0 Å². The van der Waals surface area contributed by atoms with E-state index in [1.54, 1.807) is 0 Å². The van der Waals surface area contributed by atoms with Crippen LogP contribution in [-0.4, -0.2) is 56.1 Å². The van der Waals surface area contributed by atoms with Crippen LogP contribution in [0.25, 0.3) is 0 Å². The average molecular weight is 261 g/mol. The first-order valence-electron chi connectivity index (χ1n) is 7.25. The number of likely N-dealkylation sites (tertiary alicyclic amines) is 1. The highest BCUT2D eigenvalue weighted by Gasteiger charge is 2.30. The minimum absolute atomic E-state index is 0.707. The molecule has 2 rings (SSSR count). The maximum Gasteiger partial charge on any atom is 0.0343 e. The molecule has 0 aliphatic carbocycles. The standard InChI is InChI=1S/C16H27N3/c1-13-6-5-7-15(10-13)17-8-9-19-11-14(2)16(12-19)18(3)4/h5-7,10,14,16-17H,8-9,11-12H2,1-4H3. The number of nitrogens with zero attached hydrogens (tertiary/aromatic N) is 2. The molecule has 0 aromatic heterocycles. The smallest absolute Gasteiger partial charge is 0.0343 e. The third-order valence-electron chi connectivity index (χ3n) is 4.09. The van der Waals surface area contributed by atoms with Crippen LogP contribution < -0.4 is 5.32 Å². The maximum atomic E-state index is 3.52. The van der Waals surface area contributed by atoms with Gasteiger partial charge in [-0.25, -0.2) is 0 Å². The topological polar surface area (TPSA) is 18.5 Å². The largest absolute Gasteiger partial charge is 0.384 e. The van der Waals surface area contributed by atoms with E-state index in [4.69, 9.17) is 0 Å². The molecule has 1 aliphatic rings. The number of anilines is 1. The molecular formula is C16H27N3. The molecular weight excluding hydrogens is 234 g/mol. The Hall–Kier alpha value is -1.06. The van der Waals surface area contributed by atoms with Crippen molar-refractivity contribution in [3.05, 3.63) is 29.8 Å². The number of rotatable bonds is 5. The second-order valence-electron chi connectivity index (χ2n) is 6.06. The van der Waals surface area contributed by atoms with E-state index in [2.05, 4.69) is 67.3 Å². The van der Waals surface area contributed by atoms with E-state index in [-0.39, 0.29) is 0 Å². The number of benzene rings is 1. The van der Waals surface area contributed by atoms with Gasteiger partial charge in [-0.1, -0.05) is 19.1 Å². The first-order chi connectivity index (χ1) is 9.06. The predicted octanol–water partition coefficient (Wildman–Crippen LogP) is 2.29. The monoisotopic (exact) mass is 261 g/mol. The molecule has 3 heteroatoms. The Morgan fingerprint density at radius 2 is 2.11 bits per heavy atom. The number of aryl methyl sites for hydroxylation is 1. The second kappa shape index (κ2) is 6.40. The SMILES string of the molecule is Cc1cccc(NCCN2CC(C)C(N(C)C)C2)c1. The molecule has 0 bridgehead atoms. The van der Waals surface area contributed by atoms with Gasteiger partial charge in [-0.15, -0.1) is 0 Å². The molecule has 0 spiro atoms. The average Bonchev–Trinajstić information content (AvgIpc) is 2.71. The van der Waals surface area contributed by atoms with Gasteiger partial charge < -0.3 is 10.2 Å². The molecule has 2 unspecified atom stereocenters. The van der Waals surface area contributed by atoms with E-state index in [0.29, 0.717) is 6.04 Å². The summed E-state index contributed by atoms with van der Waals surface area (Å²) in [5, 5.41) is 3.52. The van der Waals surface area contributed by atoms with E-state index in [1.807, 2.05) is 0 Å². The van der Waals surface area contributed by atoms with E-state index in [9.17, 15) is 0 Å². The fourth-order valence-electron chi connectivity index (χ4n) is 3.02. The van der Waals surface area contributed by atoms with Gasteiger partial charge in [0.25, 0.3) is 0 Å². The first-order valence-corrected chi connectivity index (χ1v) is 7.25. The van der Waals surface area contributed by atoms with Gasteiger partial charge in [0.2, 0.25) is 0 Å². The third-order valence-corrected chi connectivity index (χ3v) is 4.09. The number of hydrogen-bond donors (Lipinski definition) is 1. The molecule has 106 valence electrons. The number of nitrogens with one attached hydrogen (secondary N) is 1. The van der Waals surface area contributed by atoms with Crippen molar-refractivity contribution in [2.24, 2.45) is 5.92 Å². The van der Waals surface area contributed by atoms with Crippen LogP contribution in [0, 0.1) is 12.8 Å². The van der Waals surface area contributed by atoms with Crippen molar-refractivity contribution in [3.63, 3.8) is 0 Å². The summed E-state index contributed by atoms with van der Waals surface area (Å²) in [5.41, 5.74) is 2.55. The van der Waals surface area contributed by atoms with E-state index < -0.39 is 0 Å². The Kier molecular flexibility index (Phi) is 4.83. The van der Waals surface area contributed by atoms with Crippen LogP contribution >= 0.6 is 0 Å². The molecule has 1 heterocycles. The van der Waals surface area contributed by atoms with Crippen LogP contribution in [-0.2, 0) is 0 Å². The van der Waals surface area contributed by atoms with Crippen LogP contribution in [0.5, 0.6) is 0 Å². The van der Waals surface area contributed by atoms with Gasteiger partial charge >= 0.3 is 0 Å². The van der Waals surface area contributed by atoms with Gasteiger partial charge in [0.05, 0.1) is 0 Å². The van der Waals surface area contributed by atoms with Crippen molar-refractivity contribution >= 4 is 5.69 Å². The van der Waals surface area contributed by atoms with E-state index in [0.717, 1.165) is 19.0 Å². The molecule has 0 saturated carbocycles. The highest BCUT2D eigenvalue weighted by molar-refractivity contribution is 5.45. The summed E-state index contributed by atoms with van der Waals surface area (Å²) in [5.74, 6) is 0.772. The van der Waals surface area contributed by atoms with E-state index in [1.165, 1.54) is 24.3 Å². The fourth-order valence-corrected chi connectivity index (χ4v) is 3.02. The minimum atomic E-state index is 0.707. The third kappa shape index (κ3) is 3.95. The summed E-state index contributed by atoms with van der Waals surface area (Å²) in [6.07, 6.45) is 0. The Labute approximate surface area is 117 Å². The van der Waals surface area contributed by atoms with Crippen molar-refractivity contribution < 1.29 is 0 Å². The summed E-state index contributed by atoms with van der Waals surface area (Å²) in [4.78, 5) is 4.93. The predicted molar refractivity (Wildman–Crippen MR) is 82.7 cm³/mol. The summed E-state index contributed by atoms with van der Waals surface area (Å²) in [6, 6.07) is 9.29. The molecule has 2 atom stereocenters. The number of hydrogen-bond acceptors (Lipinski definition) is 3. The second-order valence-corrected chi connectivity index (χ2v) is 6.06. The zero-order valence-electron chi connectivity index (χ0n) is 12.7. The van der Waals surface area contributed by atoms with Crippen molar-refractivity contribution in [2.45, 2.75) is 19.9 Å². The van der Waals surface area contributed by atoms with Crippen LogP contribution in [0.15, 0.2) is 24.3 Å². The molecule has 3 nitrogen and oxygen atoms in total. The van der Waals surface area contributed by atoms with Gasteiger partial charge in [-0.05, 0) is 44.6 Å². The Morgan fingerprint density at radius 1 is 1.32 bits per heavy atom. The zero-order chi connectivity index (χ0) is 13.8. The molecule has 19 heavy (non-hydrogen) atoms. The molecule has 1 N–H and O–H groups in total. The van der Waals surface area contributed by atoms with Gasteiger partial charge in [0.15, 0.2) is 0 Å². The van der Waals surface area contributed by atoms with Crippen molar-refractivity contribution in [2.75, 3.05) is 45.6 Å². The normalized spacial score (nSPS) is 24.1. The van der Waals surface area contributed by atoms with Crippen molar-refractivity contribution in [1.29, 1.82) is 0 Å². The highest BCUT2D eigenvalue weighted by Crippen LogP contribution is 2.19. The molecule has 1 saturated heterocycles. The zero-order valence-corrected chi connectivity index (χ0v) is 12.7. The molecule has 1 aromatic rings. The molecule has 1 aromatic carbocycles. The molecule has 0 radical (unpaired) electrons. The first kappa shape index (κ1) is 14.4. The highest BCUT2D eigenvalue weighted by atomic mass is 15.2. The summed E-state index contributed by atoms with van der Waals surface area (Å²) >= 11 is 0. The van der Waals surface area contributed by atoms with Crippen molar-refractivity contribution in [3.8, 4) is 0 Å². The van der Waals surface area contributed by atoms with Crippen LogP contribution in [0.1, 0.15) is 12.5 Å². The molecule has 0 amide bonds. The van der Waals surface area contributed by atoms with Crippen LogP contribution in [0.4, 0.5) is 5.69 Å². The van der Waals surface area contributed by atoms with Gasteiger partial charge in [-0.3, -0.25) is 4.90 Å². The van der Waals surface area contributed by atoms with Gasteiger partial charge in [-0.2, -0.15) is 0 Å². The van der Waals surface area contributed by atoms with Crippen molar-refractivity contribution in [1.82, 2.24) is 9.80 Å². The fraction of sp³-hybridized carbons (Fsp3) is 0.625. The summed E-state index contributed by atoms with van der Waals surface area (Å²) in [7, 11) is 4.38. The Morgan fingerprint density at radius 3 is 2.74 bits per heavy atom. The van der Waals surface area contributed by atoms with Gasteiger partial charge in [0, 0.05) is 37.9 Å². The minimum Gasteiger partial charge on any atom is -0.384 e. The molecule has 1 fully saturated rings. The van der Waals surface area contributed by atoms with Crippen LogP contribution in [0.3, 0.4) is 0 Å². The Bertz CT molecular complexity index is 403. The lowest BCUT2D eigenvalue weighted by Gasteiger charge is -2.22. The summed E-state index contributed by atoms with van der Waals surface area (Å²) in [6.45, 7) is 9.06. The maximum absolute atomic E-state index is 3.52. The lowest BCUT2D eigenvalue weighted by Crippen LogP contribution is -2.35. The summed E-state index contributed by atoms with van der Waals surface area (Å²) < 4.78 is 0.